The van der Waals surface area contributed by atoms with Gasteiger partial charge in [0.15, 0.2) is 11.6 Å². The van der Waals surface area contributed by atoms with Crippen molar-refractivity contribution in [1.82, 2.24) is 14.9 Å². The molecule has 1 aliphatic heterocycles. The van der Waals surface area contributed by atoms with E-state index in [-0.39, 0.29) is 5.56 Å². The number of hydrogen-bond donors (Lipinski definition) is 1. The highest BCUT2D eigenvalue weighted by Gasteiger charge is 2.22. The van der Waals surface area contributed by atoms with E-state index < -0.39 is 0 Å². The summed E-state index contributed by atoms with van der Waals surface area (Å²) in [6.45, 7) is 2.37. The molecule has 5 rings (SSSR count). The normalized spacial score (nSPS) is 14.6. The number of nitrogens with one attached hydrogen (secondary N) is 1. The van der Waals surface area contributed by atoms with Gasteiger partial charge < -0.3 is 9.40 Å². The number of furan rings is 1. The largest absolute Gasteiger partial charge is 0.461 e. The molecule has 5 nitrogen and oxygen atoms in total. The quantitative estimate of drug-likeness (QED) is 0.601. The Hall–Kier alpha value is -2.70. The second-order valence-electron chi connectivity index (χ2n) is 6.53. The molecule has 0 amide bonds. The molecule has 6 heteroatoms. The van der Waals surface area contributed by atoms with E-state index in [1.54, 1.807) is 23.7 Å². The van der Waals surface area contributed by atoms with Gasteiger partial charge in [0.05, 0.1) is 17.5 Å². The number of aromatic nitrogens is 2. The van der Waals surface area contributed by atoms with Crippen LogP contribution in [0.2, 0.25) is 0 Å². The molecular formula is C20H17N3O2S. The average Bonchev–Trinajstić information content (AvgIpc) is 3.33. The first-order chi connectivity index (χ1) is 12.8. The van der Waals surface area contributed by atoms with Crippen molar-refractivity contribution in [2.24, 2.45) is 0 Å². The molecule has 26 heavy (non-hydrogen) atoms. The zero-order chi connectivity index (χ0) is 17.5. The molecule has 0 radical (unpaired) electrons. The molecular weight excluding hydrogens is 346 g/mol. The third-order valence-corrected chi connectivity index (χ3v) is 5.87. The highest BCUT2D eigenvalue weighted by Crippen LogP contribution is 2.28. The number of aromatic amines is 1. The molecule has 1 aromatic carbocycles. The van der Waals surface area contributed by atoms with Crippen molar-refractivity contribution < 1.29 is 4.42 Å². The fraction of sp³-hybridized carbons (Fsp3) is 0.200. The summed E-state index contributed by atoms with van der Waals surface area (Å²) in [5.74, 6) is 1.10. The predicted molar refractivity (Wildman–Crippen MR) is 102 cm³/mol. The Balaban J connectivity index is 1.42. The number of thiophene rings is 1. The summed E-state index contributed by atoms with van der Waals surface area (Å²) < 4.78 is 6.66. The van der Waals surface area contributed by atoms with Crippen molar-refractivity contribution in [1.29, 1.82) is 0 Å². The molecule has 0 saturated carbocycles. The summed E-state index contributed by atoms with van der Waals surface area (Å²) >= 11 is 1.77. The predicted octanol–water partition coefficient (Wildman–Crippen LogP) is 3.80. The Morgan fingerprint density at radius 1 is 1.23 bits per heavy atom. The summed E-state index contributed by atoms with van der Waals surface area (Å²) in [5, 5.41) is 3.53. The van der Waals surface area contributed by atoms with Gasteiger partial charge in [-0.2, -0.15) is 0 Å². The molecule has 3 aromatic heterocycles. The van der Waals surface area contributed by atoms with Crippen molar-refractivity contribution in [2.75, 3.05) is 6.54 Å². The Bertz CT molecular complexity index is 1130. The van der Waals surface area contributed by atoms with Gasteiger partial charge in [0, 0.05) is 30.8 Å². The lowest BCUT2D eigenvalue weighted by atomic mass is 10.1. The van der Waals surface area contributed by atoms with E-state index in [0.717, 1.165) is 30.8 Å². The van der Waals surface area contributed by atoms with Gasteiger partial charge in [-0.1, -0.05) is 18.2 Å². The molecule has 4 heterocycles. The fourth-order valence-electron chi connectivity index (χ4n) is 3.54. The van der Waals surface area contributed by atoms with Gasteiger partial charge in [-0.25, -0.2) is 4.98 Å². The number of benzene rings is 1. The number of rotatable bonds is 3. The van der Waals surface area contributed by atoms with Crippen LogP contribution in [0.3, 0.4) is 0 Å². The van der Waals surface area contributed by atoms with Gasteiger partial charge in [-0.05, 0) is 34.5 Å². The first-order valence-electron chi connectivity index (χ1n) is 8.61. The average molecular weight is 363 g/mol. The Morgan fingerprint density at radius 3 is 3.04 bits per heavy atom. The third kappa shape index (κ3) is 2.67. The van der Waals surface area contributed by atoms with Crippen LogP contribution in [-0.4, -0.2) is 21.4 Å². The van der Waals surface area contributed by atoms with Crippen molar-refractivity contribution in [3.05, 3.63) is 75.2 Å². The third-order valence-electron chi connectivity index (χ3n) is 4.86. The van der Waals surface area contributed by atoms with Crippen LogP contribution in [0.25, 0.3) is 21.7 Å². The van der Waals surface area contributed by atoms with E-state index >= 15 is 0 Å². The Labute approximate surface area is 153 Å². The maximum Gasteiger partial charge on any atom is 0.256 e. The summed E-state index contributed by atoms with van der Waals surface area (Å²) in [6, 6.07) is 12.1. The van der Waals surface area contributed by atoms with Crippen LogP contribution >= 0.6 is 11.3 Å². The summed E-state index contributed by atoms with van der Waals surface area (Å²) in [5.41, 5.74) is 2.91. The highest BCUT2D eigenvalue weighted by atomic mass is 32.1. The number of H-pyrrole nitrogens is 1. The molecule has 0 fully saturated rings. The molecule has 0 aliphatic carbocycles. The Morgan fingerprint density at radius 2 is 2.15 bits per heavy atom. The molecule has 1 N–H and O–H groups in total. The smallest absolute Gasteiger partial charge is 0.256 e. The minimum absolute atomic E-state index is 0.0683. The molecule has 4 aromatic rings. The molecule has 0 unspecified atom stereocenters. The van der Waals surface area contributed by atoms with E-state index in [4.69, 9.17) is 4.42 Å². The summed E-state index contributed by atoms with van der Waals surface area (Å²) in [7, 11) is 0. The first-order valence-corrected chi connectivity index (χ1v) is 9.49. The van der Waals surface area contributed by atoms with E-state index in [2.05, 4.69) is 44.5 Å². The molecule has 130 valence electrons. The maximum atomic E-state index is 12.6. The van der Waals surface area contributed by atoms with Crippen LogP contribution in [-0.2, 0) is 19.5 Å². The fourth-order valence-corrected chi connectivity index (χ4v) is 4.50. The standard InChI is InChI=1S/C20H17N3O2S/c24-20-15-11-23(10-13-12-26-18-6-2-1-4-14(13)18)8-7-16(15)21-19(22-20)17-5-3-9-25-17/h1-6,9,12H,7-8,10-11H2,(H,21,22,24). The van der Waals surface area contributed by atoms with E-state index in [9.17, 15) is 4.79 Å². The van der Waals surface area contributed by atoms with Gasteiger partial charge in [0.2, 0.25) is 0 Å². The second-order valence-corrected chi connectivity index (χ2v) is 7.45. The molecule has 0 atom stereocenters. The molecule has 0 bridgehead atoms. The Kier molecular flexibility index (Phi) is 3.72. The molecule has 0 saturated heterocycles. The van der Waals surface area contributed by atoms with Gasteiger partial charge in [-0.3, -0.25) is 9.69 Å². The van der Waals surface area contributed by atoms with Crippen molar-refractivity contribution in [3.8, 4) is 11.6 Å². The number of fused-ring (bicyclic) bond motifs is 2. The lowest BCUT2D eigenvalue weighted by molar-refractivity contribution is 0.243. The molecule has 0 spiro atoms. The highest BCUT2D eigenvalue weighted by molar-refractivity contribution is 7.17. The van der Waals surface area contributed by atoms with Crippen LogP contribution in [0.4, 0.5) is 0 Å². The SMILES string of the molecule is O=c1[nH]c(-c2ccco2)nc2c1CN(Cc1csc3ccccc13)CC2. The molecule has 1 aliphatic rings. The summed E-state index contributed by atoms with van der Waals surface area (Å²) in [4.78, 5) is 22.4. The van der Waals surface area contributed by atoms with Crippen LogP contribution in [0.15, 0.2) is 57.3 Å². The monoisotopic (exact) mass is 363 g/mol. The van der Waals surface area contributed by atoms with E-state index in [0.29, 0.717) is 18.1 Å². The van der Waals surface area contributed by atoms with Gasteiger partial charge in [-0.15, -0.1) is 11.3 Å². The van der Waals surface area contributed by atoms with E-state index in [1.165, 1.54) is 15.6 Å². The minimum atomic E-state index is -0.0683. The van der Waals surface area contributed by atoms with Crippen LogP contribution in [0.1, 0.15) is 16.8 Å². The lowest BCUT2D eigenvalue weighted by Gasteiger charge is -2.27. The zero-order valence-electron chi connectivity index (χ0n) is 14.1. The first kappa shape index (κ1) is 15.5. The number of hydrogen-bond acceptors (Lipinski definition) is 5. The van der Waals surface area contributed by atoms with Crippen LogP contribution < -0.4 is 5.56 Å². The topological polar surface area (TPSA) is 62.1 Å². The van der Waals surface area contributed by atoms with Gasteiger partial charge in [0.25, 0.3) is 5.56 Å². The minimum Gasteiger partial charge on any atom is -0.461 e. The van der Waals surface area contributed by atoms with Crippen LogP contribution in [0, 0.1) is 0 Å². The van der Waals surface area contributed by atoms with Gasteiger partial charge in [0.1, 0.15) is 0 Å². The van der Waals surface area contributed by atoms with Crippen LogP contribution in [0.5, 0.6) is 0 Å². The summed E-state index contributed by atoms with van der Waals surface area (Å²) in [6.07, 6.45) is 2.36. The van der Waals surface area contributed by atoms with Crippen molar-refractivity contribution in [2.45, 2.75) is 19.5 Å². The van der Waals surface area contributed by atoms with E-state index in [1.807, 2.05) is 6.07 Å². The van der Waals surface area contributed by atoms with Crippen molar-refractivity contribution >= 4 is 21.4 Å². The maximum absolute atomic E-state index is 12.6. The zero-order valence-corrected chi connectivity index (χ0v) is 14.9. The lowest BCUT2D eigenvalue weighted by Crippen LogP contribution is -2.35. The number of nitrogens with zero attached hydrogens (tertiary/aromatic N) is 2. The van der Waals surface area contributed by atoms with Crippen molar-refractivity contribution in [3.63, 3.8) is 0 Å². The second kappa shape index (κ2) is 6.23. The van der Waals surface area contributed by atoms with Gasteiger partial charge >= 0.3 is 0 Å².